The Morgan fingerprint density at radius 3 is 2.04 bits per heavy atom. The van der Waals surface area contributed by atoms with Gasteiger partial charge >= 0.3 is 0 Å². The van der Waals surface area contributed by atoms with Crippen molar-refractivity contribution in [3.8, 4) is 0 Å². The number of para-hydroxylation sites is 2. The molecule has 3 aromatic rings. The van der Waals surface area contributed by atoms with Crippen molar-refractivity contribution in [1.29, 1.82) is 0 Å². The van der Waals surface area contributed by atoms with Crippen LogP contribution in [0.5, 0.6) is 0 Å². The highest BCUT2D eigenvalue weighted by molar-refractivity contribution is 5.77. The van der Waals surface area contributed by atoms with Gasteiger partial charge in [-0.15, -0.1) is 0 Å². The summed E-state index contributed by atoms with van der Waals surface area (Å²) < 4.78 is 1.79. The second kappa shape index (κ2) is 6.98. The van der Waals surface area contributed by atoms with Gasteiger partial charge in [-0.1, -0.05) is 36.4 Å². The van der Waals surface area contributed by atoms with E-state index >= 15 is 0 Å². The number of anilines is 4. The summed E-state index contributed by atoms with van der Waals surface area (Å²) in [6.07, 6.45) is 0. The number of nitrogens with one attached hydrogen (secondary N) is 2. The number of nitrogens with zero attached hydrogens (tertiary/aromatic N) is 2. The zero-order chi connectivity index (χ0) is 16.1. The Hall–Kier alpha value is -2.79. The molecular weight excluding hydrogens is 288 g/mol. The molecule has 0 atom stereocenters. The van der Waals surface area contributed by atoms with Crippen LogP contribution in [0, 0.1) is 6.92 Å². The quantitative estimate of drug-likeness (QED) is 0.650. The Labute approximate surface area is 135 Å². The van der Waals surface area contributed by atoms with Crippen LogP contribution in [0.25, 0.3) is 0 Å². The molecule has 0 amide bonds. The molecule has 0 spiro atoms. The van der Waals surface area contributed by atoms with Gasteiger partial charge in [0.25, 0.3) is 0 Å². The van der Waals surface area contributed by atoms with E-state index in [1.54, 1.807) is 4.68 Å². The monoisotopic (exact) mass is 308 g/mol. The van der Waals surface area contributed by atoms with Gasteiger partial charge in [-0.05, 0) is 31.2 Å². The van der Waals surface area contributed by atoms with E-state index < -0.39 is 0 Å². The largest absolute Gasteiger partial charge is 0.394 e. The standard InChI is InChI=1S/C18H20N4O/c1-14-17(19-15-8-4-2-5-9-15)18(22(21-14)12-13-23)20-16-10-6-3-7-11-16/h2-11,19-20,23H,12-13H2,1H3. The fourth-order valence-corrected chi connectivity index (χ4v) is 2.44. The molecule has 0 unspecified atom stereocenters. The number of aryl methyl sites for hydroxylation is 1. The minimum atomic E-state index is 0.0371. The summed E-state index contributed by atoms with van der Waals surface area (Å²) in [7, 11) is 0. The molecule has 23 heavy (non-hydrogen) atoms. The zero-order valence-corrected chi connectivity index (χ0v) is 13.0. The average Bonchev–Trinajstić information content (AvgIpc) is 2.86. The first kappa shape index (κ1) is 15.1. The maximum Gasteiger partial charge on any atom is 0.153 e. The molecule has 1 aromatic heterocycles. The zero-order valence-electron chi connectivity index (χ0n) is 13.0. The predicted octanol–water partition coefficient (Wildman–Crippen LogP) is 3.67. The number of rotatable bonds is 6. The molecule has 5 heteroatoms. The van der Waals surface area contributed by atoms with Crippen molar-refractivity contribution < 1.29 is 5.11 Å². The van der Waals surface area contributed by atoms with Crippen molar-refractivity contribution >= 4 is 22.9 Å². The Kier molecular flexibility index (Phi) is 4.59. The summed E-state index contributed by atoms with van der Waals surface area (Å²) in [6, 6.07) is 19.9. The number of benzene rings is 2. The average molecular weight is 308 g/mol. The lowest BCUT2D eigenvalue weighted by atomic mass is 10.2. The van der Waals surface area contributed by atoms with Crippen LogP contribution < -0.4 is 10.6 Å². The molecule has 0 aliphatic rings. The van der Waals surface area contributed by atoms with Crippen molar-refractivity contribution in [1.82, 2.24) is 9.78 Å². The first-order chi connectivity index (χ1) is 11.3. The van der Waals surface area contributed by atoms with Crippen LogP contribution in [0.2, 0.25) is 0 Å². The minimum Gasteiger partial charge on any atom is -0.394 e. The fourth-order valence-electron chi connectivity index (χ4n) is 2.44. The SMILES string of the molecule is Cc1nn(CCO)c(Nc2ccccc2)c1Nc1ccccc1. The fraction of sp³-hybridized carbons (Fsp3) is 0.167. The van der Waals surface area contributed by atoms with Crippen molar-refractivity contribution in [3.05, 3.63) is 66.4 Å². The van der Waals surface area contributed by atoms with Crippen LogP contribution in [0.4, 0.5) is 22.9 Å². The highest BCUT2D eigenvalue weighted by atomic mass is 16.3. The normalized spacial score (nSPS) is 10.5. The molecule has 3 N–H and O–H groups in total. The van der Waals surface area contributed by atoms with Crippen molar-refractivity contribution in [2.75, 3.05) is 17.2 Å². The molecule has 3 rings (SSSR count). The Bertz CT molecular complexity index is 753. The molecule has 5 nitrogen and oxygen atoms in total. The van der Waals surface area contributed by atoms with Crippen LogP contribution in [0.15, 0.2) is 60.7 Å². The maximum absolute atomic E-state index is 9.29. The Morgan fingerprint density at radius 1 is 0.913 bits per heavy atom. The van der Waals surface area contributed by atoms with Crippen LogP contribution in [0.1, 0.15) is 5.69 Å². The van der Waals surface area contributed by atoms with Gasteiger partial charge in [0.2, 0.25) is 0 Å². The molecular formula is C18H20N4O. The second-order valence-corrected chi connectivity index (χ2v) is 5.24. The van der Waals surface area contributed by atoms with E-state index in [0.717, 1.165) is 28.6 Å². The van der Waals surface area contributed by atoms with E-state index in [0.29, 0.717) is 6.54 Å². The molecule has 0 radical (unpaired) electrons. The van der Waals surface area contributed by atoms with E-state index in [9.17, 15) is 5.11 Å². The van der Waals surface area contributed by atoms with Crippen molar-refractivity contribution in [3.63, 3.8) is 0 Å². The van der Waals surface area contributed by atoms with Gasteiger partial charge in [-0.25, -0.2) is 4.68 Å². The second-order valence-electron chi connectivity index (χ2n) is 5.24. The van der Waals surface area contributed by atoms with Crippen molar-refractivity contribution in [2.24, 2.45) is 0 Å². The molecule has 118 valence electrons. The van der Waals surface area contributed by atoms with Gasteiger partial charge in [0.05, 0.1) is 18.8 Å². The first-order valence-electron chi connectivity index (χ1n) is 7.60. The van der Waals surface area contributed by atoms with Crippen molar-refractivity contribution in [2.45, 2.75) is 13.5 Å². The van der Waals surface area contributed by atoms with Crippen LogP contribution in [0.3, 0.4) is 0 Å². The summed E-state index contributed by atoms with van der Waals surface area (Å²) in [5.41, 5.74) is 3.76. The summed E-state index contributed by atoms with van der Waals surface area (Å²) in [6.45, 7) is 2.43. The molecule has 0 fully saturated rings. The predicted molar refractivity (Wildman–Crippen MR) is 93.5 cm³/mol. The summed E-state index contributed by atoms with van der Waals surface area (Å²) in [4.78, 5) is 0. The third-order valence-electron chi connectivity index (χ3n) is 3.52. The first-order valence-corrected chi connectivity index (χ1v) is 7.60. The van der Waals surface area contributed by atoms with E-state index in [2.05, 4.69) is 15.7 Å². The molecule has 0 saturated carbocycles. The minimum absolute atomic E-state index is 0.0371. The number of hydrogen-bond acceptors (Lipinski definition) is 4. The van der Waals surface area contributed by atoms with E-state index in [1.165, 1.54) is 0 Å². The number of aromatic nitrogens is 2. The van der Waals surface area contributed by atoms with E-state index in [4.69, 9.17) is 0 Å². The lowest BCUT2D eigenvalue weighted by Crippen LogP contribution is -2.08. The van der Waals surface area contributed by atoms with Gasteiger partial charge < -0.3 is 15.7 Å². The van der Waals surface area contributed by atoms with Gasteiger partial charge in [0.15, 0.2) is 5.82 Å². The third kappa shape index (κ3) is 3.52. The Morgan fingerprint density at radius 2 is 1.48 bits per heavy atom. The highest BCUT2D eigenvalue weighted by Gasteiger charge is 2.15. The summed E-state index contributed by atoms with van der Waals surface area (Å²) in [5, 5.41) is 20.6. The maximum atomic E-state index is 9.29. The molecule has 0 aliphatic carbocycles. The number of hydrogen-bond donors (Lipinski definition) is 3. The Balaban J connectivity index is 1.97. The molecule has 0 bridgehead atoms. The van der Waals surface area contributed by atoms with Gasteiger partial charge in [-0.3, -0.25) is 0 Å². The molecule has 2 aromatic carbocycles. The van der Waals surface area contributed by atoms with E-state index in [-0.39, 0.29) is 6.61 Å². The number of aliphatic hydroxyl groups excluding tert-OH is 1. The lowest BCUT2D eigenvalue weighted by molar-refractivity contribution is 0.270. The topological polar surface area (TPSA) is 62.1 Å². The summed E-state index contributed by atoms with van der Waals surface area (Å²) >= 11 is 0. The lowest BCUT2D eigenvalue weighted by Gasteiger charge is -2.13. The van der Waals surface area contributed by atoms with Crippen LogP contribution in [-0.4, -0.2) is 21.5 Å². The van der Waals surface area contributed by atoms with Gasteiger partial charge in [0, 0.05) is 11.4 Å². The molecule has 0 aliphatic heterocycles. The smallest absolute Gasteiger partial charge is 0.153 e. The van der Waals surface area contributed by atoms with Gasteiger partial charge in [0.1, 0.15) is 5.69 Å². The van der Waals surface area contributed by atoms with Crippen LogP contribution in [-0.2, 0) is 6.54 Å². The summed E-state index contributed by atoms with van der Waals surface area (Å²) in [5.74, 6) is 0.839. The number of aliphatic hydroxyl groups is 1. The molecule has 1 heterocycles. The highest BCUT2D eigenvalue weighted by Crippen LogP contribution is 2.31. The van der Waals surface area contributed by atoms with Crippen LogP contribution >= 0.6 is 0 Å². The third-order valence-corrected chi connectivity index (χ3v) is 3.52. The van der Waals surface area contributed by atoms with E-state index in [1.807, 2.05) is 67.6 Å². The van der Waals surface area contributed by atoms with Gasteiger partial charge in [-0.2, -0.15) is 5.10 Å². The molecule has 0 saturated heterocycles.